The van der Waals surface area contributed by atoms with Crippen LogP contribution in [0.4, 0.5) is 5.69 Å². The molecule has 0 bridgehead atoms. The second-order valence-corrected chi connectivity index (χ2v) is 6.42. The Labute approximate surface area is 165 Å². The molecule has 0 unspecified atom stereocenters. The quantitative estimate of drug-likeness (QED) is 0.703. The number of methoxy groups -OCH3 is 2. The maximum Gasteiger partial charge on any atom is 0.338 e. The Morgan fingerprint density at radius 1 is 1.07 bits per heavy atom. The first kappa shape index (κ1) is 21.1. The molecule has 2 aromatic carbocycles. The molecule has 0 aliphatic carbocycles. The highest BCUT2D eigenvalue weighted by atomic mass is 16.5. The van der Waals surface area contributed by atoms with Crippen molar-refractivity contribution in [1.82, 2.24) is 5.32 Å². The molecule has 0 radical (unpaired) electrons. The molecule has 0 spiro atoms. The highest BCUT2D eigenvalue weighted by molar-refractivity contribution is 5.92. The number of esters is 1. The van der Waals surface area contributed by atoms with Crippen molar-refractivity contribution in [3.63, 3.8) is 0 Å². The zero-order chi connectivity index (χ0) is 20.7. The average Bonchev–Trinajstić information content (AvgIpc) is 2.71. The second-order valence-electron chi connectivity index (χ2n) is 6.42. The van der Waals surface area contributed by atoms with E-state index < -0.39 is 11.9 Å². The summed E-state index contributed by atoms with van der Waals surface area (Å²) in [7, 11) is 6.89. The van der Waals surface area contributed by atoms with E-state index in [1.807, 2.05) is 32.0 Å². The van der Waals surface area contributed by atoms with E-state index in [1.165, 1.54) is 0 Å². The van der Waals surface area contributed by atoms with E-state index in [2.05, 4.69) is 5.32 Å². The highest BCUT2D eigenvalue weighted by Gasteiger charge is 2.17. The molecule has 7 nitrogen and oxygen atoms in total. The third kappa shape index (κ3) is 5.39. The number of hydrogen-bond donors (Lipinski definition) is 1. The van der Waals surface area contributed by atoms with Gasteiger partial charge in [0.25, 0.3) is 5.91 Å². The molecular formula is C21H26N2O5. The van der Waals surface area contributed by atoms with Gasteiger partial charge in [-0.15, -0.1) is 0 Å². The summed E-state index contributed by atoms with van der Waals surface area (Å²) in [5.41, 5.74) is 2.03. The Bertz CT molecular complexity index is 835. The molecule has 0 aliphatic rings. The largest absolute Gasteiger partial charge is 0.497 e. The molecule has 150 valence electrons. The number of nitrogens with one attached hydrogen (secondary N) is 1. The number of anilines is 1. The Balaban J connectivity index is 1.97. The summed E-state index contributed by atoms with van der Waals surface area (Å²) < 4.78 is 15.7. The predicted molar refractivity (Wildman–Crippen MR) is 107 cm³/mol. The predicted octanol–water partition coefficient (Wildman–Crippen LogP) is 2.80. The van der Waals surface area contributed by atoms with Gasteiger partial charge in [-0.1, -0.05) is 6.07 Å². The minimum Gasteiger partial charge on any atom is -0.497 e. The van der Waals surface area contributed by atoms with Crippen molar-refractivity contribution < 1.29 is 23.8 Å². The minimum absolute atomic E-state index is 0.353. The molecular weight excluding hydrogens is 360 g/mol. The molecule has 0 heterocycles. The highest BCUT2D eigenvalue weighted by Crippen LogP contribution is 2.29. The van der Waals surface area contributed by atoms with Crippen molar-refractivity contribution in [3.05, 3.63) is 53.6 Å². The lowest BCUT2D eigenvalue weighted by Gasteiger charge is -2.18. The van der Waals surface area contributed by atoms with Gasteiger partial charge in [-0.3, -0.25) is 4.79 Å². The lowest BCUT2D eigenvalue weighted by atomic mass is 10.1. The zero-order valence-corrected chi connectivity index (χ0v) is 16.8. The third-order valence-corrected chi connectivity index (χ3v) is 4.21. The number of nitrogens with zero attached hydrogens (tertiary/aromatic N) is 1. The van der Waals surface area contributed by atoms with Crippen molar-refractivity contribution in [1.29, 1.82) is 0 Å². The van der Waals surface area contributed by atoms with Gasteiger partial charge in [0.15, 0.2) is 6.61 Å². The number of benzene rings is 2. The van der Waals surface area contributed by atoms with Crippen molar-refractivity contribution in [3.8, 4) is 11.5 Å². The van der Waals surface area contributed by atoms with E-state index in [4.69, 9.17) is 14.2 Å². The number of ether oxygens (including phenoxy) is 3. The van der Waals surface area contributed by atoms with Crippen LogP contribution in [0, 0.1) is 0 Å². The molecule has 0 aromatic heterocycles. The van der Waals surface area contributed by atoms with Crippen LogP contribution in [0.15, 0.2) is 42.5 Å². The lowest BCUT2D eigenvalue weighted by Crippen LogP contribution is -2.31. The van der Waals surface area contributed by atoms with Gasteiger partial charge in [0, 0.05) is 25.3 Å². The fourth-order valence-electron chi connectivity index (χ4n) is 2.66. The van der Waals surface area contributed by atoms with Gasteiger partial charge >= 0.3 is 5.97 Å². The summed E-state index contributed by atoms with van der Waals surface area (Å²) >= 11 is 0. The maximum absolute atomic E-state index is 12.2. The molecule has 0 fully saturated rings. The fraction of sp³-hybridized carbons (Fsp3) is 0.333. The second kappa shape index (κ2) is 9.64. The van der Waals surface area contributed by atoms with Crippen LogP contribution in [0.25, 0.3) is 0 Å². The van der Waals surface area contributed by atoms with Gasteiger partial charge in [-0.25, -0.2) is 4.79 Å². The van der Waals surface area contributed by atoms with Crippen LogP contribution in [-0.2, 0) is 9.53 Å². The Morgan fingerprint density at radius 3 is 2.46 bits per heavy atom. The van der Waals surface area contributed by atoms with Gasteiger partial charge < -0.3 is 24.4 Å². The van der Waals surface area contributed by atoms with Crippen LogP contribution < -0.4 is 19.7 Å². The van der Waals surface area contributed by atoms with E-state index in [1.54, 1.807) is 50.6 Å². The molecule has 2 aromatic rings. The fourth-order valence-corrected chi connectivity index (χ4v) is 2.66. The van der Waals surface area contributed by atoms with Crippen LogP contribution in [-0.4, -0.2) is 46.8 Å². The molecule has 0 saturated carbocycles. The van der Waals surface area contributed by atoms with Crippen LogP contribution in [0.3, 0.4) is 0 Å². The van der Waals surface area contributed by atoms with E-state index in [9.17, 15) is 9.59 Å². The summed E-state index contributed by atoms with van der Waals surface area (Å²) in [5, 5.41) is 2.80. The van der Waals surface area contributed by atoms with Gasteiger partial charge in [0.05, 0.1) is 25.8 Å². The molecule has 1 N–H and O–H groups in total. The van der Waals surface area contributed by atoms with Crippen LogP contribution >= 0.6 is 0 Å². The first-order valence-electron chi connectivity index (χ1n) is 8.81. The van der Waals surface area contributed by atoms with Gasteiger partial charge in [0.2, 0.25) is 0 Å². The molecule has 1 amide bonds. The zero-order valence-electron chi connectivity index (χ0n) is 16.8. The SMILES string of the molecule is COc1ccc(OC)c([C@@H](C)NC(=O)COC(=O)c2cccc(N(C)C)c2)c1. The van der Waals surface area contributed by atoms with E-state index in [-0.39, 0.29) is 12.6 Å². The summed E-state index contributed by atoms with van der Waals surface area (Å²) in [5.74, 6) is 0.329. The van der Waals surface area contributed by atoms with E-state index >= 15 is 0 Å². The molecule has 1 atom stereocenters. The summed E-state index contributed by atoms with van der Waals surface area (Å²) in [6, 6.07) is 12.0. The van der Waals surface area contributed by atoms with Gasteiger partial charge in [-0.05, 0) is 43.3 Å². The van der Waals surface area contributed by atoms with Crippen LogP contribution in [0.2, 0.25) is 0 Å². The molecule has 7 heteroatoms. The van der Waals surface area contributed by atoms with E-state index in [0.717, 1.165) is 11.3 Å². The summed E-state index contributed by atoms with van der Waals surface area (Å²) in [4.78, 5) is 26.3. The van der Waals surface area contributed by atoms with Gasteiger partial charge in [-0.2, -0.15) is 0 Å². The third-order valence-electron chi connectivity index (χ3n) is 4.21. The number of hydrogen-bond acceptors (Lipinski definition) is 6. The molecule has 2 rings (SSSR count). The summed E-state index contributed by atoms with van der Waals surface area (Å²) in [6.45, 7) is 1.44. The lowest BCUT2D eigenvalue weighted by molar-refractivity contribution is -0.124. The smallest absolute Gasteiger partial charge is 0.338 e. The molecule has 0 aliphatic heterocycles. The van der Waals surface area contributed by atoms with Crippen molar-refractivity contribution in [2.45, 2.75) is 13.0 Å². The summed E-state index contributed by atoms with van der Waals surface area (Å²) in [6.07, 6.45) is 0. The topological polar surface area (TPSA) is 77.1 Å². The number of carbonyl (C=O) groups excluding carboxylic acids is 2. The Kier molecular flexibility index (Phi) is 7.26. The van der Waals surface area contributed by atoms with E-state index in [0.29, 0.717) is 17.1 Å². The van der Waals surface area contributed by atoms with Crippen molar-refractivity contribution in [2.75, 3.05) is 39.8 Å². The minimum atomic E-state index is -0.550. The normalized spacial score (nSPS) is 11.3. The Hall–Kier alpha value is -3.22. The monoisotopic (exact) mass is 386 g/mol. The van der Waals surface area contributed by atoms with Crippen LogP contribution in [0.5, 0.6) is 11.5 Å². The van der Waals surface area contributed by atoms with Crippen molar-refractivity contribution in [2.24, 2.45) is 0 Å². The average molecular weight is 386 g/mol. The van der Waals surface area contributed by atoms with Gasteiger partial charge in [0.1, 0.15) is 11.5 Å². The number of amides is 1. The van der Waals surface area contributed by atoms with Crippen molar-refractivity contribution >= 4 is 17.6 Å². The van der Waals surface area contributed by atoms with Crippen LogP contribution in [0.1, 0.15) is 28.9 Å². The Morgan fingerprint density at radius 2 is 1.82 bits per heavy atom. The molecule has 28 heavy (non-hydrogen) atoms. The standard InChI is InChI=1S/C21H26N2O5/c1-14(18-12-17(26-4)9-10-19(18)27-5)22-20(24)13-28-21(25)15-7-6-8-16(11-15)23(2)3/h6-12,14H,13H2,1-5H3,(H,22,24)/t14-/m1/s1. The number of rotatable bonds is 8. The number of carbonyl (C=O) groups is 2. The first-order chi connectivity index (χ1) is 13.3. The first-order valence-corrected chi connectivity index (χ1v) is 8.81. The molecule has 0 saturated heterocycles. The maximum atomic E-state index is 12.2.